The second kappa shape index (κ2) is 11.6. The molecule has 0 unspecified atom stereocenters. The highest BCUT2D eigenvalue weighted by Crippen LogP contribution is 2.45. The summed E-state index contributed by atoms with van der Waals surface area (Å²) < 4.78 is 30.8. The zero-order chi connectivity index (χ0) is 27.4. The van der Waals surface area contributed by atoms with E-state index in [2.05, 4.69) is 5.32 Å². The van der Waals surface area contributed by atoms with Crippen LogP contribution in [-0.2, 0) is 14.3 Å². The topological polar surface area (TPSA) is 73.9 Å². The Morgan fingerprint density at radius 2 is 1.69 bits per heavy atom. The molecule has 1 aliphatic heterocycles. The molecule has 1 N–H and O–H groups in total. The summed E-state index contributed by atoms with van der Waals surface area (Å²) >= 11 is 0. The van der Waals surface area contributed by atoms with E-state index in [9.17, 15) is 14.0 Å². The van der Waals surface area contributed by atoms with Crippen LogP contribution in [0.25, 0.3) is 0 Å². The van der Waals surface area contributed by atoms with Crippen LogP contribution in [0.2, 0.25) is 0 Å². The van der Waals surface area contributed by atoms with Crippen molar-refractivity contribution in [3.05, 3.63) is 118 Å². The number of allylic oxidation sites excluding steroid dienone is 3. The first-order valence-corrected chi connectivity index (χ1v) is 12.9. The van der Waals surface area contributed by atoms with Crippen molar-refractivity contribution in [1.29, 1.82) is 0 Å². The van der Waals surface area contributed by atoms with Gasteiger partial charge in [0.2, 0.25) is 0 Å². The number of halogens is 1. The van der Waals surface area contributed by atoms with E-state index < -0.39 is 17.7 Å². The maximum Gasteiger partial charge on any atom is 0.336 e. The normalized spacial score (nSPS) is 18.8. The van der Waals surface area contributed by atoms with Gasteiger partial charge in [0.15, 0.2) is 5.78 Å². The van der Waals surface area contributed by atoms with Gasteiger partial charge in [-0.2, -0.15) is 0 Å². The summed E-state index contributed by atoms with van der Waals surface area (Å²) in [4.78, 5) is 27.1. The maximum atomic E-state index is 14.3. The van der Waals surface area contributed by atoms with Gasteiger partial charge in [-0.05, 0) is 66.8 Å². The zero-order valence-electron chi connectivity index (χ0n) is 21.9. The molecule has 0 radical (unpaired) electrons. The van der Waals surface area contributed by atoms with Gasteiger partial charge in [-0.3, -0.25) is 4.79 Å². The summed E-state index contributed by atoms with van der Waals surface area (Å²) in [5.74, 6) is -0.419. The van der Waals surface area contributed by atoms with Crippen LogP contribution < -0.4 is 14.8 Å². The van der Waals surface area contributed by atoms with E-state index in [0.717, 1.165) is 17.0 Å². The zero-order valence-corrected chi connectivity index (χ0v) is 21.9. The second-order valence-corrected chi connectivity index (χ2v) is 9.64. The van der Waals surface area contributed by atoms with Gasteiger partial charge in [0.25, 0.3) is 0 Å². The van der Waals surface area contributed by atoms with Gasteiger partial charge in [-0.1, -0.05) is 42.5 Å². The molecule has 2 atom stereocenters. The maximum absolute atomic E-state index is 14.3. The first-order valence-electron chi connectivity index (χ1n) is 12.9. The molecule has 0 aromatic heterocycles. The summed E-state index contributed by atoms with van der Waals surface area (Å²) in [6.07, 6.45) is 0.870. The number of carbonyl (C=O) groups is 2. The predicted molar refractivity (Wildman–Crippen MR) is 145 cm³/mol. The standard InChI is InChI=1S/C32H30FNO5/c1-20-29(32(36)39-16-15-38-26-9-4-3-5-10-26)30(22-7-6-8-24(33)17-22)31-27(34-20)18-23(19-28(31)35)21-11-13-25(37-2)14-12-21/h3-14,17,23,30,34H,15-16,18-19H2,1-2H3/t23-,30+/m0/s1. The highest BCUT2D eigenvalue weighted by Gasteiger charge is 2.41. The van der Waals surface area contributed by atoms with Crippen LogP contribution in [0, 0.1) is 5.82 Å². The summed E-state index contributed by atoms with van der Waals surface area (Å²) in [5, 5.41) is 3.32. The largest absolute Gasteiger partial charge is 0.497 e. The number of carbonyl (C=O) groups excluding carboxylic acids is 2. The number of esters is 1. The number of Topliss-reactive ketones (excluding diaryl/α,β-unsaturated/α-hetero) is 1. The Labute approximate surface area is 227 Å². The molecular formula is C32H30FNO5. The van der Waals surface area contributed by atoms with Gasteiger partial charge in [-0.15, -0.1) is 0 Å². The van der Waals surface area contributed by atoms with E-state index in [0.29, 0.717) is 34.6 Å². The van der Waals surface area contributed by atoms with Gasteiger partial charge in [0, 0.05) is 29.3 Å². The second-order valence-electron chi connectivity index (χ2n) is 9.64. The summed E-state index contributed by atoms with van der Waals surface area (Å²) in [5.41, 5.74) is 3.69. The molecule has 0 fully saturated rings. The number of rotatable bonds is 8. The highest BCUT2D eigenvalue weighted by atomic mass is 19.1. The van der Waals surface area contributed by atoms with Crippen molar-refractivity contribution in [2.75, 3.05) is 20.3 Å². The molecule has 39 heavy (non-hydrogen) atoms. The highest BCUT2D eigenvalue weighted by molar-refractivity contribution is 6.04. The van der Waals surface area contributed by atoms with Crippen LogP contribution in [0.15, 0.2) is 101 Å². The van der Waals surface area contributed by atoms with Crippen molar-refractivity contribution in [3.63, 3.8) is 0 Å². The fraction of sp³-hybridized carbons (Fsp3) is 0.250. The molecule has 0 amide bonds. The third-order valence-electron chi connectivity index (χ3n) is 7.15. The van der Waals surface area contributed by atoms with Crippen molar-refractivity contribution in [3.8, 4) is 11.5 Å². The van der Waals surface area contributed by atoms with Crippen LogP contribution in [0.5, 0.6) is 11.5 Å². The number of nitrogens with one attached hydrogen (secondary N) is 1. The van der Waals surface area contributed by atoms with Gasteiger partial charge < -0.3 is 19.5 Å². The van der Waals surface area contributed by atoms with E-state index in [4.69, 9.17) is 14.2 Å². The monoisotopic (exact) mass is 527 g/mol. The van der Waals surface area contributed by atoms with Crippen LogP contribution in [-0.4, -0.2) is 32.1 Å². The number of para-hydroxylation sites is 1. The van der Waals surface area contributed by atoms with Crippen LogP contribution >= 0.6 is 0 Å². The number of methoxy groups -OCH3 is 1. The number of dihydropyridines is 1. The summed E-state index contributed by atoms with van der Waals surface area (Å²) in [6.45, 7) is 1.99. The Morgan fingerprint density at radius 3 is 2.41 bits per heavy atom. The molecule has 5 rings (SSSR count). The summed E-state index contributed by atoms with van der Waals surface area (Å²) in [6, 6.07) is 23.0. The van der Waals surface area contributed by atoms with E-state index in [1.54, 1.807) is 26.2 Å². The van der Waals surface area contributed by atoms with Gasteiger partial charge in [0.1, 0.15) is 30.5 Å². The van der Waals surface area contributed by atoms with E-state index in [1.165, 1.54) is 12.1 Å². The SMILES string of the molecule is COc1ccc([C@@H]2CC(=O)C3=C(C2)NC(C)=C(C(=O)OCCOc2ccccc2)[C@H]3c2cccc(F)c2)cc1. The Bertz CT molecular complexity index is 1430. The smallest absolute Gasteiger partial charge is 0.336 e. The van der Waals surface area contributed by atoms with Crippen molar-refractivity contribution in [1.82, 2.24) is 5.32 Å². The molecule has 7 heteroatoms. The Hall–Kier alpha value is -4.39. The molecule has 1 aliphatic carbocycles. The molecule has 1 heterocycles. The van der Waals surface area contributed by atoms with Crippen LogP contribution in [0.4, 0.5) is 4.39 Å². The molecule has 2 aliphatic rings. The van der Waals surface area contributed by atoms with Gasteiger partial charge in [0.05, 0.1) is 12.7 Å². The number of benzene rings is 3. The van der Waals surface area contributed by atoms with Gasteiger partial charge in [-0.25, -0.2) is 9.18 Å². The summed E-state index contributed by atoms with van der Waals surface area (Å²) in [7, 11) is 1.61. The molecule has 0 saturated heterocycles. The van der Waals surface area contributed by atoms with Crippen molar-refractivity contribution in [2.45, 2.75) is 31.6 Å². The molecule has 200 valence electrons. The Morgan fingerprint density at radius 1 is 0.923 bits per heavy atom. The molecule has 3 aromatic carbocycles. The van der Waals surface area contributed by atoms with Gasteiger partial charge >= 0.3 is 5.97 Å². The lowest BCUT2D eigenvalue weighted by Gasteiger charge is -2.36. The fourth-order valence-electron chi connectivity index (χ4n) is 5.33. The van der Waals surface area contributed by atoms with Crippen molar-refractivity contribution in [2.24, 2.45) is 0 Å². The quantitative estimate of drug-likeness (QED) is 0.294. The molecule has 0 spiro atoms. The minimum Gasteiger partial charge on any atom is -0.497 e. The lowest BCUT2D eigenvalue weighted by molar-refractivity contribution is -0.140. The number of ether oxygens (including phenoxy) is 3. The molecule has 0 saturated carbocycles. The lowest BCUT2D eigenvalue weighted by Crippen LogP contribution is -2.36. The average molecular weight is 528 g/mol. The lowest BCUT2D eigenvalue weighted by atomic mass is 9.71. The van der Waals surface area contributed by atoms with Crippen molar-refractivity contribution >= 4 is 11.8 Å². The number of ketones is 1. The predicted octanol–water partition coefficient (Wildman–Crippen LogP) is 5.82. The van der Waals surface area contributed by atoms with E-state index >= 15 is 0 Å². The Balaban J connectivity index is 1.41. The molecular weight excluding hydrogens is 497 g/mol. The van der Waals surface area contributed by atoms with Crippen molar-refractivity contribution < 1.29 is 28.2 Å². The number of hydrogen-bond donors (Lipinski definition) is 1. The minimum absolute atomic E-state index is 0.0276. The molecule has 3 aromatic rings. The molecule has 0 bridgehead atoms. The first-order chi connectivity index (χ1) is 18.9. The van der Waals surface area contributed by atoms with E-state index in [-0.39, 0.29) is 31.3 Å². The van der Waals surface area contributed by atoms with Crippen LogP contribution in [0.3, 0.4) is 0 Å². The molecule has 6 nitrogen and oxygen atoms in total. The van der Waals surface area contributed by atoms with Crippen LogP contribution in [0.1, 0.15) is 42.7 Å². The number of hydrogen-bond acceptors (Lipinski definition) is 6. The first kappa shape index (κ1) is 26.2. The van der Waals surface area contributed by atoms with E-state index in [1.807, 2.05) is 54.6 Å². The third-order valence-corrected chi connectivity index (χ3v) is 7.15. The minimum atomic E-state index is -0.733. The fourth-order valence-corrected chi connectivity index (χ4v) is 5.33. The Kier molecular flexibility index (Phi) is 7.77. The third kappa shape index (κ3) is 5.72. The average Bonchev–Trinajstić information content (AvgIpc) is 2.95.